The van der Waals surface area contributed by atoms with E-state index in [1.165, 1.54) is 0 Å². The van der Waals surface area contributed by atoms with E-state index in [9.17, 15) is 4.79 Å². The second-order valence-corrected chi connectivity index (χ2v) is 4.59. The van der Waals surface area contributed by atoms with Crippen LogP contribution in [0.25, 0.3) is 0 Å². The standard InChI is InChI=1S/C12H13BrN2O/c1-15(9-12(16)6-7-14)8-10-2-4-11(13)5-3-10/h2-5H,6,8-9H2,1H3. The molecule has 0 atom stereocenters. The topological polar surface area (TPSA) is 44.1 Å². The first-order chi connectivity index (χ1) is 7.61. The number of nitriles is 1. The number of hydrogen-bond acceptors (Lipinski definition) is 3. The van der Waals surface area contributed by atoms with Gasteiger partial charge in [0.15, 0.2) is 5.78 Å². The lowest BCUT2D eigenvalue weighted by Gasteiger charge is -2.14. The van der Waals surface area contributed by atoms with Gasteiger partial charge in [0.25, 0.3) is 0 Å². The van der Waals surface area contributed by atoms with Gasteiger partial charge in [-0.1, -0.05) is 28.1 Å². The van der Waals surface area contributed by atoms with E-state index >= 15 is 0 Å². The third-order valence-corrected chi connectivity index (χ3v) is 2.62. The van der Waals surface area contributed by atoms with Crippen molar-refractivity contribution < 1.29 is 4.79 Å². The predicted octanol–water partition coefficient (Wildman–Crippen LogP) is 2.36. The van der Waals surface area contributed by atoms with Crippen LogP contribution >= 0.6 is 15.9 Å². The Morgan fingerprint density at radius 1 is 1.44 bits per heavy atom. The molecule has 3 nitrogen and oxygen atoms in total. The largest absolute Gasteiger partial charge is 0.297 e. The van der Waals surface area contributed by atoms with Crippen molar-refractivity contribution in [3.63, 3.8) is 0 Å². The number of Topliss-reactive ketones (excluding diaryl/α,β-unsaturated/α-hetero) is 1. The van der Waals surface area contributed by atoms with Gasteiger partial charge < -0.3 is 0 Å². The molecule has 0 fully saturated rings. The van der Waals surface area contributed by atoms with E-state index in [1.54, 1.807) is 0 Å². The monoisotopic (exact) mass is 280 g/mol. The van der Waals surface area contributed by atoms with Crippen molar-refractivity contribution in [3.05, 3.63) is 34.3 Å². The van der Waals surface area contributed by atoms with Gasteiger partial charge in [-0.2, -0.15) is 5.26 Å². The van der Waals surface area contributed by atoms with Crippen molar-refractivity contribution in [2.45, 2.75) is 13.0 Å². The minimum absolute atomic E-state index is 0.00925. The molecule has 0 heterocycles. The van der Waals surface area contributed by atoms with E-state index in [-0.39, 0.29) is 12.2 Å². The maximum absolute atomic E-state index is 11.2. The minimum atomic E-state index is -0.0397. The first-order valence-corrected chi connectivity index (χ1v) is 5.72. The molecule has 0 spiro atoms. The Balaban J connectivity index is 2.45. The Morgan fingerprint density at radius 3 is 2.62 bits per heavy atom. The quantitative estimate of drug-likeness (QED) is 0.832. The molecule has 0 amide bonds. The van der Waals surface area contributed by atoms with Gasteiger partial charge in [-0.3, -0.25) is 9.69 Å². The summed E-state index contributed by atoms with van der Waals surface area (Å²) in [7, 11) is 1.87. The van der Waals surface area contributed by atoms with Crippen molar-refractivity contribution >= 4 is 21.7 Å². The molecule has 0 saturated carbocycles. The molecule has 1 aromatic carbocycles. The van der Waals surface area contributed by atoms with E-state index in [2.05, 4.69) is 15.9 Å². The van der Waals surface area contributed by atoms with Crippen molar-refractivity contribution in [1.29, 1.82) is 5.26 Å². The number of carbonyl (C=O) groups is 1. The van der Waals surface area contributed by atoms with Gasteiger partial charge in [0.1, 0.15) is 0 Å². The fourth-order valence-electron chi connectivity index (χ4n) is 1.40. The third kappa shape index (κ3) is 4.56. The van der Waals surface area contributed by atoms with Gasteiger partial charge in [-0.15, -0.1) is 0 Å². The van der Waals surface area contributed by atoms with Crippen LogP contribution in [0.2, 0.25) is 0 Å². The molecule has 84 valence electrons. The number of likely N-dealkylation sites (N-methyl/N-ethyl adjacent to an activating group) is 1. The number of hydrogen-bond donors (Lipinski definition) is 0. The van der Waals surface area contributed by atoms with Crippen LogP contribution in [0.4, 0.5) is 0 Å². The molecule has 0 bridgehead atoms. The van der Waals surface area contributed by atoms with Gasteiger partial charge in [-0.05, 0) is 24.7 Å². The molecule has 1 rings (SSSR count). The van der Waals surface area contributed by atoms with Gasteiger partial charge in [0, 0.05) is 11.0 Å². The predicted molar refractivity (Wildman–Crippen MR) is 65.7 cm³/mol. The van der Waals surface area contributed by atoms with E-state index in [1.807, 2.05) is 42.3 Å². The first-order valence-electron chi connectivity index (χ1n) is 4.93. The highest BCUT2D eigenvalue weighted by molar-refractivity contribution is 9.10. The number of ketones is 1. The normalized spacial score (nSPS) is 10.1. The summed E-state index contributed by atoms with van der Waals surface area (Å²) in [5.74, 6) is -0.0397. The van der Waals surface area contributed by atoms with Gasteiger partial charge in [0.05, 0.1) is 19.0 Å². The second kappa shape index (κ2) is 6.41. The number of carbonyl (C=O) groups excluding carboxylic acids is 1. The second-order valence-electron chi connectivity index (χ2n) is 3.67. The van der Waals surface area contributed by atoms with Crippen LogP contribution < -0.4 is 0 Å². The molecule has 4 heteroatoms. The Labute approximate surface area is 104 Å². The molecule has 16 heavy (non-hydrogen) atoms. The molecular formula is C12H13BrN2O. The Morgan fingerprint density at radius 2 is 2.06 bits per heavy atom. The number of nitrogens with zero attached hydrogens (tertiary/aromatic N) is 2. The van der Waals surface area contributed by atoms with Crippen molar-refractivity contribution in [2.75, 3.05) is 13.6 Å². The summed E-state index contributed by atoms with van der Waals surface area (Å²) < 4.78 is 1.04. The molecule has 0 aliphatic rings. The highest BCUT2D eigenvalue weighted by Crippen LogP contribution is 2.11. The van der Waals surface area contributed by atoms with Crippen molar-refractivity contribution in [2.24, 2.45) is 0 Å². The lowest BCUT2D eigenvalue weighted by atomic mass is 10.2. The number of halogens is 1. The smallest absolute Gasteiger partial charge is 0.160 e. The lowest BCUT2D eigenvalue weighted by molar-refractivity contribution is -0.119. The molecule has 0 aliphatic carbocycles. The van der Waals surface area contributed by atoms with Crippen molar-refractivity contribution in [1.82, 2.24) is 4.90 Å². The molecule has 0 aliphatic heterocycles. The number of rotatable bonds is 5. The van der Waals surface area contributed by atoms with Crippen LogP contribution in [0.3, 0.4) is 0 Å². The molecule has 1 aromatic rings. The van der Waals surface area contributed by atoms with Crippen LogP contribution in [-0.2, 0) is 11.3 Å². The summed E-state index contributed by atoms with van der Waals surface area (Å²) in [4.78, 5) is 13.1. The maximum atomic E-state index is 11.2. The van der Waals surface area contributed by atoms with Gasteiger partial charge >= 0.3 is 0 Å². The van der Waals surface area contributed by atoms with E-state index < -0.39 is 0 Å². The maximum Gasteiger partial charge on any atom is 0.160 e. The molecule has 0 radical (unpaired) electrons. The zero-order chi connectivity index (χ0) is 12.0. The number of benzene rings is 1. The molecule has 0 aromatic heterocycles. The van der Waals surface area contributed by atoms with E-state index in [0.29, 0.717) is 13.1 Å². The van der Waals surface area contributed by atoms with Crippen LogP contribution in [0.1, 0.15) is 12.0 Å². The van der Waals surface area contributed by atoms with Crippen LogP contribution in [0.5, 0.6) is 0 Å². The average molecular weight is 281 g/mol. The van der Waals surface area contributed by atoms with Crippen LogP contribution in [0, 0.1) is 11.3 Å². The highest BCUT2D eigenvalue weighted by Gasteiger charge is 2.06. The molecule has 0 N–H and O–H groups in total. The summed E-state index contributed by atoms with van der Waals surface area (Å²) in [6.45, 7) is 1.04. The highest BCUT2D eigenvalue weighted by atomic mass is 79.9. The van der Waals surface area contributed by atoms with Crippen molar-refractivity contribution in [3.8, 4) is 6.07 Å². The van der Waals surface area contributed by atoms with Crippen LogP contribution in [-0.4, -0.2) is 24.3 Å². The zero-order valence-electron chi connectivity index (χ0n) is 9.11. The summed E-state index contributed by atoms with van der Waals surface area (Å²) in [5.41, 5.74) is 1.15. The Hall–Kier alpha value is -1.18. The minimum Gasteiger partial charge on any atom is -0.297 e. The summed E-state index contributed by atoms with van der Waals surface area (Å²) in [5, 5.41) is 8.38. The van der Waals surface area contributed by atoms with Gasteiger partial charge in [0.2, 0.25) is 0 Å². The summed E-state index contributed by atoms with van der Waals surface area (Å²) in [6, 6.07) is 9.83. The average Bonchev–Trinajstić information content (AvgIpc) is 2.21. The van der Waals surface area contributed by atoms with Gasteiger partial charge in [-0.25, -0.2) is 0 Å². The third-order valence-electron chi connectivity index (χ3n) is 2.09. The van der Waals surface area contributed by atoms with Crippen LogP contribution in [0.15, 0.2) is 28.7 Å². The zero-order valence-corrected chi connectivity index (χ0v) is 10.7. The SMILES string of the molecule is CN(CC(=O)CC#N)Cc1ccc(Br)cc1. The first kappa shape index (κ1) is 12.9. The molecular weight excluding hydrogens is 268 g/mol. The fraction of sp³-hybridized carbons (Fsp3) is 0.333. The summed E-state index contributed by atoms with van der Waals surface area (Å²) in [6.07, 6.45) is -0.00925. The fourth-order valence-corrected chi connectivity index (χ4v) is 1.67. The molecule has 0 unspecified atom stereocenters. The van der Waals surface area contributed by atoms with E-state index in [0.717, 1.165) is 10.0 Å². The molecule has 0 saturated heterocycles. The van der Waals surface area contributed by atoms with E-state index in [4.69, 9.17) is 5.26 Å². The lowest BCUT2D eigenvalue weighted by Crippen LogP contribution is -2.25. The summed E-state index contributed by atoms with van der Waals surface area (Å²) >= 11 is 3.37. The Kier molecular flexibility index (Phi) is 5.17. The Bertz CT molecular complexity index is 394.